The van der Waals surface area contributed by atoms with Crippen molar-refractivity contribution in [3.8, 4) is 6.07 Å². The fourth-order valence-electron chi connectivity index (χ4n) is 2.09. The maximum Gasteiger partial charge on any atom is 0.238 e. The van der Waals surface area contributed by atoms with Gasteiger partial charge in [0.05, 0.1) is 18.2 Å². The summed E-state index contributed by atoms with van der Waals surface area (Å²) in [4.78, 5) is 14.1. The molecule has 5 nitrogen and oxygen atoms in total. The zero-order chi connectivity index (χ0) is 13.5. The van der Waals surface area contributed by atoms with Gasteiger partial charge in [-0.15, -0.1) is 0 Å². The molecule has 0 bridgehead atoms. The van der Waals surface area contributed by atoms with Gasteiger partial charge in [-0.3, -0.25) is 9.69 Å². The first-order valence-corrected chi connectivity index (χ1v) is 6.51. The molecule has 1 aliphatic heterocycles. The number of nitriles is 1. The molecule has 1 heterocycles. The van der Waals surface area contributed by atoms with Crippen molar-refractivity contribution in [1.82, 2.24) is 10.2 Å². The molecule has 1 fully saturated rings. The summed E-state index contributed by atoms with van der Waals surface area (Å²) >= 11 is 0. The Morgan fingerprint density at radius 3 is 2.84 bits per heavy atom. The van der Waals surface area contributed by atoms with Gasteiger partial charge in [-0.25, -0.2) is 0 Å². The van der Waals surface area contributed by atoms with Crippen molar-refractivity contribution in [3.63, 3.8) is 0 Å². The predicted octanol–water partition coefficient (Wildman–Crippen LogP) is 0.792. The van der Waals surface area contributed by atoms with Crippen molar-refractivity contribution in [2.75, 3.05) is 38.0 Å². The number of carbonyl (C=O) groups is 1. The van der Waals surface area contributed by atoms with Crippen LogP contribution in [0.3, 0.4) is 0 Å². The van der Waals surface area contributed by atoms with Gasteiger partial charge in [0, 0.05) is 18.8 Å². The third-order valence-corrected chi connectivity index (χ3v) is 3.10. The number of hydrogen-bond donors (Lipinski definition) is 2. The molecule has 1 aromatic carbocycles. The van der Waals surface area contributed by atoms with E-state index in [1.54, 1.807) is 24.3 Å². The Bertz CT molecular complexity index is 455. The Labute approximate surface area is 113 Å². The van der Waals surface area contributed by atoms with Crippen LogP contribution in [0, 0.1) is 11.3 Å². The highest BCUT2D eigenvalue weighted by Crippen LogP contribution is 2.08. The minimum absolute atomic E-state index is 0.00777. The van der Waals surface area contributed by atoms with Gasteiger partial charge in [0.25, 0.3) is 0 Å². The first kappa shape index (κ1) is 13.5. The molecule has 0 aromatic heterocycles. The summed E-state index contributed by atoms with van der Waals surface area (Å²) in [5.41, 5.74) is 1.33. The molecule has 0 spiro atoms. The third kappa shape index (κ3) is 4.36. The number of rotatable bonds is 3. The number of nitrogens with zero attached hydrogens (tertiary/aromatic N) is 2. The molecule has 1 aromatic rings. The van der Waals surface area contributed by atoms with E-state index in [0.717, 1.165) is 38.3 Å². The maximum absolute atomic E-state index is 11.9. The first-order chi connectivity index (χ1) is 9.28. The first-order valence-electron chi connectivity index (χ1n) is 6.51. The molecule has 1 amide bonds. The number of nitrogens with one attached hydrogen (secondary N) is 2. The number of amides is 1. The van der Waals surface area contributed by atoms with Gasteiger partial charge in [0.2, 0.25) is 5.91 Å². The van der Waals surface area contributed by atoms with Crippen LogP contribution < -0.4 is 10.6 Å². The van der Waals surface area contributed by atoms with E-state index in [1.165, 1.54) is 0 Å². The van der Waals surface area contributed by atoms with E-state index in [2.05, 4.69) is 21.6 Å². The minimum atomic E-state index is -0.00777. The average Bonchev–Trinajstić information content (AvgIpc) is 2.68. The monoisotopic (exact) mass is 258 g/mol. The molecule has 2 N–H and O–H groups in total. The van der Waals surface area contributed by atoms with E-state index in [-0.39, 0.29) is 5.91 Å². The summed E-state index contributed by atoms with van der Waals surface area (Å²) in [5, 5.41) is 14.9. The van der Waals surface area contributed by atoms with Gasteiger partial charge in [0.1, 0.15) is 0 Å². The van der Waals surface area contributed by atoms with E-state index >= 15 is 0 Å². The predicted molar refractivity (Wildman–Crippen MR) is 73.7 cm³/mol. The molecule has 1 aliphatic rings. The van der Waals surface area contributed by atoms with E-state index in [1.807, 2.05) is 0 Å². The van der Waals surface area contributed by atoms with Gasteiger partial charge >= 0.3 is 0 Å². The molecule has 2 rings (SSSR count). The summed E-state index contributed by atoms with van der Waals surface area (Å²) in [5.74, 6) is -0.00777. The SMILES string of the molecule is N#Cc1ccc(NC(=O)CN2CCCNCC2)cc1. The van der Waals surface area contributed by atoms with Crippen LogP contribution in [-0.4, -0.2) is 43.5 Å². The largest absolute Gasteiger partial charge is 0.325 e. The number of carbonyl (C=O) groups excluding carboxylic acids is 1. The normalized spacial score (nSPS) is 16.4. The van der Waals surface area contributed by atoms with Crippen LogP contribution in [0.5, 0.6) is 0 Å². The number of hydrogen-bond acceptors (Lipinski definition) is 4. The second kappa shape index (κ2) is 6.88. The second-order valence-corrected chi connectivity index (χ2v) is 4.62. The summed E-state index contributed by atoms with van der Waals surface area (Å²) in [6.07, 6.45) is 1.07. The lowest BCUT2D eigenvalue weighted by Crippen LogP contribution is -2.35. The standard InChI is InChI=1S/C14H18N4O/c15-10-12-2-4-13(5-3-12)17-14(19)11-18-8-1-6-16-7-9-18/h2-5,16H,1,6-9,11H2,(H,17,19). The molecule has 0 atom stereocenters. The highest BCUT2D eigenvalue weighted by molar-refractivity contribution is 5.92. The lowest BCUT2D eigenvalue weighted by Gasteiger charge is -2.18. The van der Waals surface area contributed by atoms with Crippen LogP contribution in [0.4, 0.5) is 5.69 Å². The van der Waals surface area contributed by atoms with Crippen molar-refractivity contribution in [3.05, 3.63) is 29.8 Å². The van der Waals surface area contributed by atoms with Gasteiger partial charge in [-0.05, 0) is 43.8 Å². The summed E-state index contributed by atoms with van der Waals surface area (Å²) < 4.78 is 0. The fraction of sp³-hybridized carbons (Fsp3) is 0.429. The zero-order valence-electron chi connectivity index (χ0n) is 10.9. The molecule has 19 heavy (non-hydrogen) atoms. The van der Waals surface area contributed by atoms with Crippen molar-refractivity contribution in [2.24, 2.45) is 0 Å². The van der Waals surface area contributed by atoms with Gasteiger partial charge in [-0.2, -0.15) is 5.26 Å². The average molecular weight is 258 g/mol. The topological polar surface area (TPSA) is 68.2 Å². The van der Waals surface area contributed by atoms with Gasteiger partial charge < -0.3 is 10.6 Å². The van der Waals surface area contributed by atoms with E-state index in [4.69, 9.17) is 5.26 Å². The lowest BCUT2D eigenvalue weighted by molar-refractivity contribution is -0.117. The molecule has 100 valence electrons. The molecular formula is C14H18N4O. The highest BCUT2D eigenvalue weighted by Gasteiger charge is 2.12. The summed E-state index contributed by atoms with van der Waals surface area (Å²) in [7, 11) is 0. The third-order valence-electron chi connectivity index (χ3n) is 3.10. The van der Waals surface area contributed by atoms with Crippen LogP contribution in [0.15, 0.2) is 24.3 Å². The smallest absolute Gasteiger partial charge is 0.238 e. The summed E-state index contributed by atoms with van der Waals surface area (Å²) in [6, 6.07) is 8.95. The van der Waals surface area contributed by atoms with Crippen LogP contribution in [0.2, 0.25) is 0 Å². The number of anilines is 1. The molecule has 0 unspecified atom stereocenters. The quantitative estimate of drug-likeness (QED) is 0.841. The van der Waals surface area contributed by atoms with E-state index < -0.39 is 0 Å². The molecule has 0 radical (unpaired) electrons. The van der Waals surface area contributed by atoms with E-state index in [0.29, 0.717) is 12.1 Å². The van der Waals surface area contributed by atoms with Gasteiger partial charge in [0.15, 0.2) is 0 Å². The Hall–Kier alpha value is -1.90. The van der Waals surface area contributed by atoms with Crippen LogP contribution >= 0.6 is 0 Å². The Morgan fingerprint density at radius 2 is 2.11 bits per heavy atom. The fourth-order valence-corrected chi connectivity index (χ4v) is 2.09. The van der Waals surface area contributed by atoms with Crippen molar-refractivity contribution >= 4 is 11.6 Å². The molecule has 0 saturated carbocycles. The molecule has 1 saturated heterocycles. The Kier molecular flexibility index (Phi) is 4.90. The number of benzene rings is 1. The van der Waals surface area contributed by atoms with Crippen molar-refractivity contribution in [1.29, 1.82) is 5.26 Å². The molecule has 5 heteroatoms. The van der Waals surface area contributed by atoms with Crippen molar-refractivity contribution < 1.29 is 4.79 Å². The molecular weight excluding hydrogens is 240 g/mol. The Balaban J connectivity index is 1.84. The summed E-state index contributed by atoms with van der Waals surface area (Å²) in [6.45, 7) is 4.23. The highest BCUT2D eigenvalue weighted by atomic mass is 16.2. The maximum atomic E-state index is 11.9. The second-order valence-electron chi connectivity index (χ2n) is 4.62. The van der Waals surface area contributed by atoms with E-state index in [9.17, 15) is 4.79 Å². The van der Waals surface area contributed by atoms with Crippen LogP contribution in [0.1, 0.15) is 12.0 Å². The zero-order valence-corrected chi connectivity index (χ0v) is 10.9. The van der Waals surface area contributed by atoms with Gasteiger partial charge in [-0.1, -0.05) is 0 Å². The Morgan fingerprint density at radius 1 is 1.32 bits per heavy atom. The van der Waals surface area contributed by atoms with Crippen LogP contribution in [-0.2, 0) is 4.79 Å². The minimum Gasteiger partial charge on any atom is -0.325 e. The lowest BCUT2D eigenvalue weighted by atomic mass is 10.2. The molecule has 0 aliphatic carbocycles. The van der Waals surface area contributed by atoms with Crippen molar-refractivity contribution in [2.45, 2.75) is 6.42 Å². The van der Waals surface area contributed by atoms with Crippen LogP contribution in [0.25, 0.3) is 0 Å².